The van der Waals surface area contributed by atoms with E-state index in [0.29, 0.717) is 17.9 Å². The van der Waals surface area contributed by atoms with Crippen molar-refractivity contribution in [2.24, 2.45) is 0 Å². The molecule has 1 fully saturated rings. The molecule has 0 aromatic heterocycles. The van der Waals surface area contributed by atoms with Gasteiger partial charge in [0.2, 0.25) is 5.91 Å². The minimum absolute atomic E-state index is 0.00830. The van der Waals surface area contributed by atoms with E-state index in [0.717, 1.165) is 5.56 Å². The van der Waals surface area contributed by atoms with Crippen LogP contribution in [0, 0.1) is 11.3 Å². The zero-order valence-corrected chi connectivity index (χ0v) is 12.7. The first kappa shape index (κ1) is 16.3. The molecule has 1 unspecified atom stereocenters. The van der Waals surface area contributed by atoms with Crippen molar-refractivity contribution in [3.8, 4) is 6.07 Å². The Labute approximate surface area is 132 Å². The lowest BCUT2D eigenvalue weighted by Gasteiger charge is -2.23. The first-order chi connectivity index (χ1) is 10.6. The molecule has 1 heterocycles. The van der Waals surface area contributed by atoms with Gasteiger partial charge in [0.1, 0.15) is 0 Å². The molecule has 116 valence electrons. The summed E-state index contributed by atoms with van der Waals surface area (Å²) in [4.78, 5) is 23.2. The fourth-order valence-corrected chi connectivity index (χ4v) is 2.91. The fraction of sp³-hybridized carbons (Fsp3) is 0.400. The Hall–Kier alpha value is -2.04. The predicted molar refractivity (Wildman–Crippen MR) is 81.3 cm³/mol. The topological polar surface area (TPSA) is 99.4 Å². The van der Waals surface area contributed by atoms with Gasteiger partial charge in [-0.05, 0) is 17.7 Å². The van der Waals surface area contributed by atoms with Crippen molar-refractivity contribution in [3.05, 3.63) is 35.4 Å². The van der Waals surface area contributed by atoms with Gasteiger partial charge >= 0.3 is 5.97 Å². The molecule has 6 nitrogen and oxygen atoms in total. The first-order valence-electron chi connectivity index (χ1n) is 6.75. The van der Waals surface area contributed by atoms with E-state index in [1.807, 2.05) is 18.2 Å². The fourth-order valence-electron chi connectivity index (χ4n) is 2.13. The number of rotatable bonds is 6. The Morgan fingerprint density at radius 3 is 2.68 bits per heavy atom. The summed E-state index contributed by atoms with van der Waals surface area (Å²) in [6.45, 7) is 0.347. The first-order valence-corrected chi connectivity index (χ1v) is 7.90. The zero-order valence-electron chi connectivity index (χ0n) is 11.9. The number of carbonyl (C=O) groups excluding carboxylic acids is 1. The molecule has 0 aliphatic carbocycles. The van der Waals surface area contributed by atoms with Crippen molar-refractivity contribution in [1.82, 2.24) is 5.32 Å². The monoisotopic (exact) mass is 320 g/mol. The SMILES string of the molecule is N#Cc1ccc(CSCC(=O)NC2(C(=O)O)CCOC2)cc1. The predicted octanol–water partition coefficient (Wildman–Crippen LogP) is 1.15. The summed E-state index contributed by atoms with van der Waals surface area (Å²) in [5, 5.41) is 20.5. The molecule has 1 amide bonds. The number of carboxylic acid groups (broad SMARTS) is 1. The highest BCUT2D eigenvalue weighted by Crippen LogP contribution is 2.20. The molecular formula is C15H16N2O4S. The number of carboxylic acids is 1. The number of thioether (sulfide) groups is 1. The Morgan fingerprint density at radius 2 is 2.14 bits per heavy atom. The molecule has 1 atom stereocenters. The number of amides is 1. The maximum atomic E-state index is 11.9. The van der Waals surface area contributed by atoms with E-state index < -0.39 is 11.5 Å². The van der Waals surface area contributed by atoms with Gasteiger partial charge < -0.3 is 15.2 Å². The van der Waals surface area contributed by atoms with Gasteiger partial charge in [-0.1, -0.05) is 12.1 Å². The maximum Gasteiger partial charge on any atom is 0.331 e. The van der Waals surface area contributed by atoms with Gasteiger partial charge in [-0.25, -0.2) is 4.79 Å². The van der Waals surface area contributed by atoms with Crippen molar-refractivity contribution < 1.29 is 19.4 Å². The van der Waals surface area contributed by atoms with E-state index in [1.54, 1.807) is 12.1 Å². The lowest BCUT2D eigenvalue weighted by molar-refractivity contribution is -0.147. The number of nitrogens with zero attached hydrogens (tertiary/aromatic N) is 1. The van der Waals surface area contributed by atoms with Crippen molar-refractivity contribution >= 4 is 23.6 Å². The molecule has 2 rings (SSSR count). The number of carbonyl (C=O) groups is 2. The number of ether oxygens (including phenoxy) is 1. The Morgan fingerprint density at radius 1 is 1.41 bits per heavy atom. The quantitative estimate of drug-likeness (QED) is 0.816. The van der Waals surface area contributed by atoms with Crippen molar-refractivity contribution in [3.63, 3.8) is 0 Å². The number of hydrogen-bond donors (Lipinski definition) is 2. The Kier molecular flexibility index (Phi) is 5.41. The third-order valence-corrected chi connectivity index (χ3v) is 4.40. The van der Waals surface area contributed by atoms with Gasteiger partial charge in [-0.2, -0.15) is 5.26 Å². The van der Waals surface area contributed by atoms with E-state index in [1.165, 1.54) is 11.8 Å². The highest BCUT2D eigenvalue weighted by atomic mass is 32.2. The second kappa shape index (κ2) is 7.29. The standard InChI is InChI=1S/C15H16N2O4S/c16-7-11-1-3-12(4-2-11)8-22-9-13(18)17-15(14(19)20)5-6-21-10-15/h1-4H,5-6,8-10H2,(H,17,18)(H,19,20). The lowest BCUT2D eigenvalue weighted by atomic mass is 9.99. The van der Waals surface area contributed by atoms with Crippen molar-refractivity contribution in [1.29, 1.82) is 5.26 Å². The summed E-state index contributed by atoms with van der Waals surface area (Å²) in [7, 11) is 0. The number of nitrogens with one attached hydrogen (secondary N) is 1. The third-order valence-electron chi connectivity index (χ3n) is 3.39. The van der Waals surface area contributed by atoms with Crippen LogP contribution >= 0.6 is 11.8 Å². The van der Waals surface area contributed by atoms with Crippen LogP contribution in [-0.4, -0.2) is 41.5 Å². The number of hydrogen-bond acceptors (Lipinski definition) is 5. The van der Waals surface area contributed by atoms with Crippen LogP contribution in [0.5, 0.6) is 0 Å². The van der Waals surface area contributed by atoms with Crippen molar-refractivity contribution in [2.75, 3.05) is 19.0 Å². The van der Waals surface area contributed by atoms with E-state index in [9.17, 15) is 14.7 Å². The van der Waals surface area contributed by atoms with Crippen LogP contribution in [0.25, 0.3) is 0 Å². The summed E-state index contributed by atoms with van der Waals surface area (Å²) >= 11 is 1.39. The lowest BCUT2D eigenvalue weighted by Crippen LogP contribution is -2.55. The van der Waals surface area contributed by atoms with Crippen LogP contribution in [0.2, 0.25) is 0 Å². The van der Waals surface area contributed by atoms with E-state index in [4.69, 9.17) is 10.00 Å². The number of benzene rings is 1. The number of nitriles is 1. The second-order valence-corrected chi connectivity index (χ2v) is 6.03. The van der Waals surface area contributed by atoms with E-state index in [2.05, 4.69) is 5.32 Å². The van der Waals surface area contributed by atoms with Gasteiger partial charge in [0.15, 0.2) is 5.54 Å². The highest BCUT2D eigenvalue weighted by Gasteiger charge is 2.43. The minimum Gasteiger partial charge on any atom is -0.479 e. The summed E-state index contributed by atoms with van der Waals surface area (Å²) in [5.41, 5.74) is 0.316. The van der Waals surface area contributed by atoms with Crippen LogP contribution in [0.4, 0.5) is 0 Å². The average molecular weight is 320 g/mol. The van der Waals surface area contributed by atoms with Crippen LogP contribution in [0.3, 0.4) is 0 Å². The third kappa shape index (κ3) is 4.00. The van der Waals surface area contributed by atoms with Crippen LogP contribution < -0.4 is 5.32 Å². The molecule has 1 aromatic rings. The molecule has 0 radical (unpaired) electrons. The zero-order chi connectivity index (χ0) is 16.0. The van der Waals surface area contributed by atoms with Gasteiger partial charge in [-0.15, -0.1) is 11.8 Å². The smallest absolute Gasteiger partial charge is 0.331 e. The highest BCUT2D eigenvalue weighted by molar-refractivity contribution is 7.99. The molecule has 0 saturated carbocycles. The Bertz CT molecular complexity index is 589. The summed E-state index contributed by atoms with van der Waals surface area (Å²) in [6.07, 6.45) is 0.286. The van der Waals surface area contributed by atoms with Crippen LogP contribution in [0.15, 0.2) is 24.3 Å². The molecule has 1 saturated heterocycles. The summed E-state index contributed by atoms with van der Waals surface area (Å²) in [6, 6.07) is 9.18. The van der Waals surface area contributed by atoms with E-state index >= 15 is 0 Å². The average Bonchev–Trinajstić information content (AvgIpc) is 2.98. The van der Waals surface area contributed by atoms with Crippen molar-refractivity contribution in [2.45, 2.75) is 17.7 Å². The van der Waals surface area contributed by atoms with Crippen LogP contribution in [-0.2, 0) is 20.1 Å². The molecule has 22 heavy (non-hydrogen) atoms. The second-order valence-electron chi connectivity index (χ2n) is 5.04. The van der Waals surface area contributed by atoms with E-state index in [-0.39, 0.29) is 24.7 Å². The molecule has 7 heteroatoms. The Balaban J connectivity index is 1.80. The van der Waals surface area contributed by atoms with Gasteiger partial charge in [0.25, 0.3) is 0 Å². The molecule has 0 spiro atoms. The molecule has 2 N–H and O–H groups in total. The van der Waals surface area contributed by atoms with Gasteiger partial charge in [0, 0.05) is 18.8 Å². The van der Waals surface area contributed by atoms with Gasteiger partial charge in [0.05, 0.1) is 24.0 Å². The normalized spacial score (nSPS) is 20.3. The minimum atomic E-state index is -1.29. The maximum absolute atomic E-state index is 11.9. The summed E-state index contributed by atoms with van der Waals surface area (Å²) < 4.78 is 5.09. The molecule has 0 bridgehead atoms. The molecule has 1 aromatic carbocycles. The molecule has 1 aliphatic heterocycles. The van der Waals surface area contributed by atoms with Gasteiger partial charge in [-0.3, -0.25) is 4.79 Å². The largest absolute Gasteiger partial charge is 0.479 e. The molecule has 1 aliphatic rings. The summed E-state index contributed by atoms with van der Waals surface area (Å²) in [5.74, 6) is -0.577. The van der Waals surface area contributed by atoms with Crippen LogP contribution in [0.1, 0.15) is 17.5 Å². The number of aliphatic carboxylic acids is 1. The molecular weight excluding hydrogens is 304 g/mol.